The highest BCUT2D eigenvalue weighted by Crippen LogP contribution is 2.49. The maximum Gasteiger partial charge on any atom is 0.439 e. The molecule has 2 aliphatic rings. The summed E-state index contributed by atoms with van der Waals surface area (Å²) in [5.74, 6) is -1.18. The molecule has 1 saturated carbocycles. The lowest BCUT2D eigenvalue weighted by molar-refractivity contribution is -0.315. The molecule has 1 fully saturated rings. The second kappa shape index (κ2) is 4.91. The number of alkyl halides is 3. The van der Waals surface area contributed by atoms with Crippen LogP contribution in [0.15, 0.2) is 5.10 Å². The van der Waals surface area contributed by atoms with E-state index in [-0.39, 0.29) is 29.7 Å². The van der Waals surface area contributed by atoms with Gasteiger partial charge in [-0.25, -0.2) is 4.79 Å². The number of hydrogen-bond donors (Lipinski definition) is 1. The summed E-state index contributed by atoms with van der Waals surface area (Å²) in [4.78, 5) is 11.7. The van der Waals surface area contributed by atoms with E-state index >= 15 is 0 Å². The molecule has 5 nitrogen and oxygen atoms in total. The van der Waals surface area contributed by atoms with Crippen LogP contribution in [0.4, 0.5) is 18.0 Å². The van der Waals surface area contributed by atoms with Crippen molar-refractivity contribution in [3.05, 3.63) is 0 Å². The van der Waals surface area contributed by atoms with E-state index < -0.39 is 23.9 Å². The van der Waals surface area contributed by atoms with Gasteiger partial charge < -0.3 is 9.84 Å². The molecule has 0 saturated heterocycles. The van der Waals surface area contributed by atoms with Gasteiger partial charge in [0.25, 0.3) is 5.72 Å². The number of halogens is 3. The smallest absolute Gasteiger partial charge is 0.439 e. The Bertz CT molecular complexity index is 438. The zero-order chi connectivity index (χ0) is 15.1. The lowest BCUT2D eigenvalue weighted by atomic mass is 9.76. The summed E-state index contributed by atoms with van der Waals surface area (Å²) in [5.41, 5.74) is -3.08. The van der Waals surface area contributed by atoms with E-state index in [9.17, 15) is 23.1 Å². The van der Waals surface area contributed by atoms with Crippen molar-refractivity contribution in [2.24, 2.45) is 16.9 Å². The second-order valence-corrected chi connectivity index (χ2v) is 5.26. The molecule has 0 radical (unpaired) electrons. The minimum absolute atomic E-state index is 0.0370. The molecule has 0 bridgehead atoms. The first kappa shape index (κ1) is 15.1. The van der Waals surface area contributed by atoms with Crippen LogP contribution in [0.5, 0.6) is 0 Å². The first-order valence-electron chi connectivity index (χ1n) is 6.55. The Hall–Kier alpha value is -1.31. The Labute approximate surface area is 114 Å². The molecule has 0 aromatic carbocycles. The van der Waals surface area contributed by atoms with E-state index in [0.717, 1.165) is 0 Å². The number of amides is 1. The minimum Gasteiger partial charge on any atom is -0.448 e. The fourth-order valence-corrected chi connectivity index (χ4v) is 2.78. The number of ether oxygens (including phenoxy) is 1. The number of carbonyl (C=O) groups excluding carboxylic acids is 1. The Morgan fingerprint density at radius 2 is 2.25 bits per heavy atom. The van der Waals surface area contributed by atoms with Crippen molar-refractivity contribution in [3.63, 3.8) is 0 Å². The normalized spacial score (nSPS) is 33.7. The van der Waals surface area contributed by atoms with Gasteiger partial charge >= 0.3 is 12.3 Å². The molecule has 8 heteroatoms. The zero-order valence-electron chi connectivity index (χ0n) is 11.3. The summed E-state index contributed by atoms with van der Waals surface area (Å²) in [5, 5.41) is 13.9. The van der Waals surface area contributed by atoms with Gasteiger partial charge in [-0.2, -0.15) is 23.3 Å². The summed E-state index contributed by atoms with van der Waals surface area (Å²) in [6.07, 6.45) is -5.08. The number of carbonyl (C=O) groups is 1. The molecule has 114 valence electrons. The van der Waals surface area contributed by atoms with Crippen LogP contribution < -0.4 is 0 Å². The fraction of sp³-hybridized carbons (Fsp3) is 0.833. The van der Waals surface area contributed by atoms with Gasteiger partial charge in [-0.1, -0.05) is 6.92 Å². The lowest BCUT2D eigenvalue weighted by Crippen LogP contribution is -2.61. The van der Waals surface area contributed by atoms with Crippen molar-refractivity contribution in [1.82, 2.24) is 5.01 Å². The van der Waals surface area contributed by atoms with Crippen molar-refractivity contribution in [1.29, 1.82) is 0 Å². The largest absolute Gasteiger partial charge is 0.448 e. The minimum atomic E-state index is -4.99. The van der Waals surface area contributed by atoms with Crippen molar-refractivity contribution >= 4 is 11.8 Å². The van der Waals surface area contributed by atoms with Crippen molar-refractivity contribution < 1.29 is 27.8 Å². The zero-order valence-corrected chi connectivity index (χ0v) is 11.3. The van der Waals surface area contributed by atoms with Gasteiger partial charge in [-0.05, 0) is 32.1 Å². The third-order valence-electron chi connectivity index (χ3n) is 3.83. The Balaban J connectivity index is 2.40. The third-order valence-corrected chi connectivity index (χ3v) is 3.83. The number of aliphatic hydroxyl groups is 1. The van der Waals surface area contributed by atoms with Crippen LogP contribution >= 0.6 is 0 Å². The first-order chi connectivity index (χ1) is 9.21. The molecule has 1 aliphatic carbocycles. The first-order valence-corrected chi connectivity index (χ1v) is 6.55. The molecule has 1 amide bonds. The standard InChI is InChI=1S/C12H17F3N2O3/c1-3-20-10(18)17-11(19,12(13,14)15)8-6-7(2)4-5-9(8)16-17/h7-8,19H,3-6H2,1-2H3/t7-,8+,11-/m0/s1. The molecule has 0 aromatic heterocycles. The predicted molar refractivity (Wildman–Crippen MR) is 63.8 cm³/mol. The van der Waals surface area contributed by atoms with Gasteiger partial charge in [-0.15, -0.1) is 0 Å². The maximum atomic E-state index is 13.3. The van der Waals surface area contributed by atoms with Crippen LogP contribution in [-0.4, -0.2) is 40.4 Å². The van der Waals surface area contributed by atoms with Gasteiger partial charge in [0.1, 0.15) is 0 Å². The van der Waals surface area contributed by atoms with E-state index in [2.05, 4.69) is 9.84 Å². The molecule has 0 aromatic rings. The van der Waals surface area contributed by atoms with Crippen molar-refractivity contribution in [2.45, 2.75) is 45.0 Å². The van der Waals surface area contributed by atoms with E-state index in [4.69, 9.17) is 0 Å². The van der Waals surface area contributed by atoms with E-state index in [1.54, 1.807) is 0 Å². The molecule has 20 heavy (non-hydrogen) atoms. The molecule has 1 heterocycles. The molecule has 2 rings (SSSR count). The van der Waals surface area contributed by atoms with Crippen molar-refractivity contribution in [3.8, 4) is 0 Å². The third kappa shape index (κ3) is 2.15. The van der Waals surface area contributed by atoms with Crippen LogP contribution in [0.3, 0.4) is 0 Å². The fourth-order valence-electron chi connectivity index (χ4n) is 2.78. The molecular formula is C12H17F3N2O3. The Kier molecular flexibility index (Phi) is 3.70. The summed E-state index contributed by atoms with van der Waals surface area (Å²) in [6.45, 7) is 3.21. The number of fused-ring (bicyclic) bond motifs is 1. The van der Waals surface area contributed by atoms with Crippen LogP contribution in [-0.2, 0) is 4.74 Å². The molecule has 0 unspecified atom stereocenters. The Morgan fingerprint density at radius 3 is 2.80 bits per heavy atom. The molecule has 0 spiro atoms. The summed E-state index contributed by atoms with van der Waals surface area (Å²) in [7, 11) is 0. The van der Waals surface area contributed by atoms with Crippen LogP contribution in [0, 0.1) is 11.8 Å². The van der Waals surface area contributed by atoms with Gasteiger partial charge in [0, 0.05) is 5.71 Å². The quantitative estimate of drug-likeness (QED) is 0.808. The van der Waals surface area contributed by atoms with Gasteiger partial charge in [0.2, 0.25) is 0 Å². The number of hydrogen-bond acceptors (Lipinski definition) is 4. The highest BCUT2D eigenvalue weighted by molar-refractivity contribution is 5.92. The molecular weight excluding hydrogens is 277 g/mol. The van der Waals surface area contributed by atoms with Crippen LogP contribution in [0.1, 0.15) is 33.1 Å². The van der Waals surface area contributed by atoms with Crippen molar-refractivity contribution in [2.75, 3.05) is 6.61 Å². The SMILES string of the molecule is CCOC(=O)N1N=C2CC[C@H](C)C[C@H]2[C@]1(O)C(F)(F)F. The maximum absolute atomic E-state index is 13.3. The van der Waals surface area contributed by atoms with E-state index in [1.807, 2.05) is 6.92 Å². The van der Waals surface area contributed by atoms with Crippen LogP contribution in [0.2, 0.25) is 0 Å². The number of rotatable bonds is 1. The van der Waals surface area contributed by atoms with E-state index in [1.165, 1.54) is 6.92 Å². The monoisotopic (exact) mass is 294 g/mol. The summed E-state index contributed by atoms with van der Waals surface area (Å²) >= 11 is 0. The molecule has 1 aliphatic heterocycles. The average Bonchev–Trinajstić information content (AvgIpc) is 2.64. The summed E-state index contributed by atoms with van der Waals surface area (Å²) in [6, 6.07) is 0. The highest BCUT2D eigenvalue weighted by Gasteiger charge is 2.69. The highest BCUT2D eigenvalue weighted by atomic mass is 19.4. The lowest BCUT2D eigenvalue weighted by Gasteiger charge is -2.38. The molecule has 1 N–H and O–H groups in total. The number of hydrazone groups is 1. The Morgan fingerprint density at radius 1 is 1.60 bits per heavy atom. The second-order valence-electron chi connectivity index (χ2n) is 5.26. The average molecular weight is 294 g/mol. The number of nitrogens with zero attached hydrogens (tertiary/aromatic N) is 2. The van der Waals surface area contributed by atoms with E-state index in [0.29, 0.717) is 12.8 Å². The van der Waals surface area contributed by atoms with Crippen LogP contribution in [0.25, 0.3) is 0 Å². The van der Waals surface area contributed by atoms with Gasteiger partial charge in [-0.3, -0.25) is 0 Å². The van der Waals surface area contributed by atoms with Gasteiger partial charge in [0.15, 0.2) is 0 Å². The predicted octanol–water partition coefficient (Wildman–Crippen LogP) is 2.50. The topological polar surface area (TPSA) is 62.1 Å². The summed E-state index contributed by atoms with van der Waals surface area (Å²) < 4.78 is 44.5. The van der Waals surface area contributed by atoms with Gasteiger partial charge in [0.05, 0.1) is 12.5 Å². The molecule has 3 atom stereocenters.